The molecule has 1 amide bonds. The Balaban J connectivity index is 2.57. The molecular formula is C8H13ClN2O. The van der Waals surface area contributed by atoms with E-state index in [1.165, 1.54) is 0 Å². The van der Waals surface area contributed by atoms with Crippen molar-refractivity contribution < 1.29 is 4.79 Å². The fourth-order valence-electron chi connectivity index (χ4n) is 1.44. The number of rotatable bonds is 3. The van der Waals surface area contributed by atoms with Crippen LogP contribution in [0.2, 0.25) is 0 Å². The van der Waals surface area contributed by atoms with Gasteiger partial charge in [0, 0.05) is 24.0 Å². The maximum absolute atomic E-state index is 11.2. The van der Waals surface area contributed by atoms with Gasteiger partial charge in [0.05, 0.1) is 6.54 Å². The number of amides is 1. The van der Waals surface area contributed by atoms with E-state index in [1.807, 2.05) is 0 Å². The predicted molar refractivity (Wildman–Crippen MR) is 48.8 cm³/mol. The molecular weight excluding hydrogens is 176 g/mol. The number of carbonyl (C=O) groups excluding carboxylic acids is 1. The number of carbonyl (C=O) groups is 1. The zero-order valence-corrected chi connectivity index (χ0v) is 7.68. The summed E-state index contributed by atoms with van der Waals surface area (Å²) in [4.78, 5) is 13.0. The number of hydrogen-bond acceptors (Lipinski definition) is 2. The van der Waals surface area contributed by atoms with Crippen molar-refractivity contribution in [1.29, 1.82) is 0 Å². The highest BCUT2D eigenvalue weighted by molar-refractivity contribution is 6.29. The van der Waals surface area contributed by atoms with Crippen LogP contribution in [0.15, 0.2) is 11.6 Å². The average Bonchev–Trinajstić information content (AvgIpc) is 2.32. The molecule has 4 heteroatoms. The Morgan fingerprint density at radius 2 is 2.50 bits per heavy atom. The van der Waals surface area contributed by atoms with Gasteiger partial charge in [-0.3, -0.25) is 4.79 Å². The van der Waals surface area contributed by atoms with Crippen molar-refractivity contribution >= 4 is 17.5 Å². The molecule has 0 aromatic rings. The summed E-state index contributed by atoms with van der Waals surface area (Å²) in [6.07, 6.45) is 1.44. The molecule has 1 aliphatic heterocycles. The zero-order chi connectivity index (χ0) is 9.14. The molecule has 0 aromatic carbocycles. The van der Waals surface area contributed by atoms with Crippen LogP contribution in [-0.2, 0) is 4.79 Å². The molecule has 1 heterocycles. The first-order valence-corrected chi connectivity index (χ1v) is 4.35. The predicted octanol–water partition coefficient (Wildman–Crippen LogP) is 0.689. The summed E-state index contributed by atoms with van der Waals surface area (Å²) in [7, 11) is 0. The Morgan fingerprint density at radius 3 is 3.00 bits per heavy atom. The topological polar surface area (TPSA) is 46.3 Å². The molecule has 1 aliphatic rings. The molecule has 0 spiro atoms. The Bertz CT molecular complexity index is 205. The van der Waals surface area contributed by atoms with E-state index in [9.17, 15) is 4.79 Å². The Kier molecular flexibility index (Phi) is 3.12. The lowest BCUT2D eigenvalue weighted by Crippen LogP contribution is -2.38. The number of likely N-dealkylation sites (tertiary alicyclic amines) is 1. The standard InChI is InChI=1S/C8H13ClN2O/c1-6(9)5-11-7(4-10)2-3-8(11)12/h7H,1-5,10H2. The quantitative estimate of drug-likeness (QED) is 0.709. The van der Waals surface area contributed by atoms with Gasteiger partial charge in [0.25, 0.3) is 0 Å². The van der Waals surface area contributed by atoms with E-state index in [0.717, 1.165) is 6.42 Å². The van der Waals surface area contributed by atoms with E-state index in [2.05, 4.69) is 6.58 Å². The van der Waals surface area contributed by atoms with Crippen molar-refractivity contribution in [3.8, 4) is 0 Å². The van der Waals surface area contributed by atoms with E-state index in [-0.39, 0.29) is 11.9 Å². The van der Waals surface area contributed by atoms with Crippen molar-refractivity contribution in [2.24, 2.45) is 5.73 Å². The van der Waals surface area contributed by atoms with Crippen LogP contribution in [0.5, 0.6) is 0 Å². The van der Waals surface area contributed by atoms with Gasteiger partial charge in [-0.2, -0.15) is 0 Å². The maximum atomic E-state index is 11.2. The van der Waals surface area contributed by atoms with Crippen molar-refractivity contribution in [3.05, 3.63) is 11.6 Å². The van der Waals surface area contributed by atoms with Crippen LogP contribution in [0.3, 0.4) is 0 Å². The highest BCUT2D eigenvalue weighted by Crippen LogP contribution is 2.19. The van der Waals surface area contributed by atoms with Crippen LogP contribution >= 0.6 is 11.6 Å². The van der Waals surface area contributed by atoms with E-state index in [0.29, 0.717) is 24.5 Å². The first-order chi connectivity index (χ1) is 5.65. The van der Waals surface area contributed by atoms with Gasteiger partial charge >= 0.3 is 0 Å². The van der Waals surface area contributed by atoms with Crippen molar-refractivity contribution in [1.82, 2.24) is 4.90 Å². The lowest BCUT2D eigenvalue weighted by Gasteiger charge is -2.22. The lowest BCUT2D eigenvalue weighted by molar-refractivity contribution is -0.128. The zero-order valence-electron chi connectivity index (χ0n) is 6.92. The molecule has 68 valence electrons. The van der Waals surface area contributed by atoms with E-state index >= 15 is 0 Å². The minimum absolute atomic E-state index is 0.132. The third kappa shape index (κ3) is 1.99. The smallest absolute Gasteiger partial charge is 0.223 e. The molecule has 0 radical (unpaired) electrons. The van der Waals surface area contributed by atoms with Crippen molar-refractivity contribution in [2.75, 3.05) is 13.1 Å². The molecule has 1 saturated heterocycles. The molecule has 1 rings (SSSR count). The second-order valence-corrected chi connectivity index (χ2v) is 3.50. The Labute approximate surface area is 77.2 Å². The van der Waals surface area contributed by atoms with Gasteiger partial charge in [-0.1, -0.05) is 18.2 Å². The number of hydrogen-bond donors (Lipinski definition) is 1. The molecule has 0 aliphatic carbocycles. The van der Waals surface area contributed by atoms with Gasteiger partial charge in [0.2, 0.25) is 5.91 Å². The summed E-state index contributed by atoms with van der Waals surface area (Å²) >= 11 is 5.62. The summed E-state index contributed by atoms with van der Waals surface area (Å²) in [6.45, 7) is 4.50. The van der Waals surface area contributed by atoms with Crippen LogP contribution in [0, 0.1) is 0 Å². The van der Waals surface area contributed by atoms with Gasteiger partial charge in [0.1, 0.15) is 0 Å². The fourth-order valence-corrected chi connectivity index (χ4v) is 1.57. The van der Waals surface area contributed by atoms with Gasteiger partial charge < -0.3 is 10.6 Å². The highest BCUT2D eigenvalue weighted by atomic mass is 35.5. The summed E-state index contributed by atoms with van der Waals surface area (Å²) < 4.78 is 0. The van der Waals surface area contributed by atoms with E-state index < -0.39 is 0 Å². The first-order valence-electron chi connectivity index (χ1n) is 3.98. The summed E-state index contributed by atoms with van der Waals surface area (Å²) in [5.41, 5.74) is 5.50. The van der Waals surface area contributed by atoms with E-state index in [4.69, 9.17) is 17.3 Å². The fraction of sp³-hybridized carbons (Fsp3) is 0.625. The summed E-state index contributed by atoms with van der Waals surface area (Å²) in [5.74, 6) is 0.132. The summed E-state index contributed by atoms with van der Waals surface area (Å²) in [6, 6.07) is 0.160. The van der Waals surface area contributed by atoms with Gasteiger partial charge in [0.15, 0.2) is 0 Å². The molecule has 12 heavy (non-hydrogen) atoms. The molecule has 2 N–H and O–H groups in total. The monoisotopic (exact) mass is 188 g/mol. The Morgan fingerprint density at radius 1 is 1.83 bits per heavy atom. The minimum atomic E-state index is 0.132. The molecule has 0 aromatic heterocycles. The SMILES string of the molecule is C=C(Cl)CN1C(=O)CCC1CN. The molecule has 1 atom stereocenters. The molecule has 1 fully saturated rings. The molecule has 0 bridgehead atoms. The lowest BCUT2D eigenvalue weighted by atomic mass is 10.2. The van der Waals surface area contributed by atoms with Gasteiger partial charge in [-0.05, 0) is 6.42 Å². The second kappa shape index (κ2) is 3.92. The van der Waals surface area contributed by atoms with Crippen LogP contribution in [0.4, 0.5) is 0 Å². The van der Waals surface area contributed by atoms with Crippen molar-refractivity contribution in [3.63, 3.8) is 0 Å². The number of nitrogens with zero attached hydrogens (tertiary/aromatic N) is 1. The van der Waals surface area contributed by atoms with Crippen LogP contribution in [0.1, 0.15) is 12.8 Å². The minimum Gasteiger partial charge on any atom is -0.333 e. The second-order valence-electron chi connectivity index (χ2n) is 2.97. The van der Waals surface area contributed by atoms with Crippen LogP contribution in [0.25, 0.3) is 0 Å². The average molecular weight is 189 g/mol. The van der Waals surface area contributed by atoms with Crippen LogP contribution in [-0.4, -0.2) is 29.9 Å². The molecule has 0 saturated carbocycles. The molecule has 3 nitrogen and oxygen atoms in total. The van der Waals surface area contributed by atoms with Crippen molar-refractivity contribution in [2.45, 2.75) is 18.9 Å². The highest BCUT2D eigenvalue weighted by Gasteiger charge is 2.29. The Hall–Kier alpha value is -0.540. The summed E-state index contributed by atoms with van der Waals surface area (Å²) in [5, 5.41) is 0.490. The van der Waals surface area contributed by atoms with Gasteiger partial charge in [-0.15, -0.1) is 0 Å². The third-order valence-electron chi connectivity index (χ3n) is 2.07. The third-order valence-corrected chi connectivity index (χ3v) is 2.19. The van der Waals surface area contributed by atoms with E-state index in [1.54, 1.807) is 4.90 Å². The number of halogens is 1. The van der Waals surface area contributed by atoms with Crippen LogP contribution < -0.4 is 5.73 Å². The number of nitrogens with two attached hydrogens (primary N) is 1. The normalized spacial score (nSPS) is 23.3. The van der Waals surface area contributed by atoms with Gasteiger partial charge in [-0.25, -0.2) is 0 Å². The largest absolute Gasteiger partial charge is 0.333 e. The first kappa shape index (κ1) is 9.55. The molecule has 1 unspecified atom stereocenters. The maximum Gasteiger partial charge on any atom is 0.223 e.